The van der Waals surface area contributed by atoms with E-state index in [1.165, 1.54) is 11.3 Å². The molecule has 0 aliphatic carbocycles. The third-order valence-corrected chi connectivity index (χ3v) is 6.20. The standard InChI is InChI=1S/C22H30N4O2S/c1-5-23-21(28)26-12-10-15(11-13-26)20-25-18(14-29-20)19(27)24-17-9-7-6-8-16(17)22(2,3)4/h6-9,14-15H,5,10-13H2,1-4H3,(H,23,28)(H,24,27). The molecule has 0 bridgehead atoms. The Bertz CT molecular complexity index is 864. The highest BCUT2D eigenvalue weighted by Crippen LogP contribution is 2.32. The second-order valence-electron chi connectivity index (χ2n) is 8.42. The number of rotatable bonds is 4. The Morgan fingerprint density at radius 3 is 2.55 bits per heavy atom. The summed E-state index contributed by atoms with van der Waals surface area (Å²) in [4.78, 5) is 31.2. The third-order valence-electron chi connectivity index (χ3n) is 5.20. The zero-order chi connectivity index (χ0) is 21.0. The third kappa shape index (κ3) is 5.15. The zero-order valence-corrected chi connectivity index (χ0v) is 18.4. The molecule has 1 aromatic carbocycles. The zero-order valence-electron chi connectivity index (χ0n) is 17.6. The lowest BCUT2D eigenvalue weighted by atomic mass is 9.86. The lowest BCUT2D eigenvalue weighted by Gasteiger charge is -2.31. The summed E-state index contributed by atoms with van der Waals surface area (Å²) in [5, 5.41) is 8.69. The van der Waals surface area contributed by atoms with Crippen molar-refractivity contribution < 1.29 is 9.59 Å². The highest BCUT2D eigenvalue weighted by atomic mass is 32.1. The average Bonchev–Trinajstić information content (AvgIpc) is 3.18. The van der Waals surface area contributed by atoms with E-state index in [1.807, 2.05) is 41.5 Å². The molecule has 1 fully saturated rings. The van der Waals surface area contributed by atoms with Crippen molar-refractivity contribution in [3.05, 3.63) is 45.9 Å². The van der Waals surface area contributed by atoms with E-state index in [2.05, 4.69) is 36.4 Å². The molecule has 0 saturated carbocycles. The predicted molar refractivity (Wildman–Crippen MR) is 118 cm³/mol. The Balaban J connectivity index is 1.64. The first-order valence-electron chi connectivity index (χ1n) is 10.2. The van der Waals surface area contributed by atoms with Crippen LogP contribution in [0.2, 0.25) is 0 Å². The van der Waals surface area contributed by atoms with E-state index < -0.39 is 0 Å². The van der Waals surface area contributed by atoms with Gasteiger partial charge in [-0.05, 0) is 36.8 Å². The van der Waals surface area contributed by atoms with Gasteiger partial charge in [0.15, 0.2) is 0 Å². The lowest BCUT2D eigenvalue weighted by Crippen LogP contribution is -2.44. The summed E-state index contributed by atoms with van der Waals surface area (Å²) >= 11 is 1.53. The molecule has 3 amide bonds. The van der Waals surface area contributed by atoms with E-state index in [-0.39, 0.29) is 17.4 Å². The highest BCUT2D eigenvalue weighted by molar-refractivity contribution is 7.10. The molecule has 7 heteroatoms. The molecule has 1 aromatic heterocycles. The first kappa shape index (κ1) is 21.3. The first-order chi connectivity index (χ1) is 13.8. The van der Waals surface area contributed by atoms with Gasteiger partial charge in [-0.1, -0.05) is 39.0 Å². The molecule has 2 N–H and O–H groups in total. The molecule has 0 radical (unpaired) electrons. The number of carbonyl (C=O) groups is 2. The quantitative estimate of drug-likeness (QED) is 0.768. The molecule has 1 saturated heterocycles. The van der Waals surface area contributed by atoms with Gasteiger partial charge >= 0.3 is 6.03 Å². The number of para-hydroxylation sites is 1. The Morgan fingerprint density at radius 2 is 1.90 bits per heavy atom. The molecule has 6 nitrogen and oxygen atoms in total. The van der Waals surface area contributed by atoms with E-state index in [0.717, 1.165) is 42.2 Å². The number of nitrogens with one attached hydrogen (secondary N) is 2. The summed E-state index contributed by atoms with van der Waals surface area (Å²) in [6.45, 7) is 10.4. The number of nitrogens with zero attached hydrogens (tertiary/aromatic N) is 2. The van der Waals surface area contributed by atoms with Crippen LogP contribution in [0.1, 0.15) is 67.5 Å². The van der Waals surface area contributed by atoms with Crippen molar-refractivity contribution in [2.75, 3.05) is 25.0 Å². The van der Waals surface area contributed by atoms with Crippen molar-refractivity contribution in [2.45, 2.75) is 51.9 Å². The second-order valence-corrected chi connectivity index (χ2v) is 9.31. The Kier molecular flexibility index (Phi) is 6.57. The van der Waals surface area contributed by atoms with Crippen LogP contribution in [0, 0.1) is 0 Å². The van der Waals surface area contributed by atoms with E-state index in [9.17, 15) is 9.59 Å². The maximum atomic E-state index is 12.8. The highest BCUT2D eigenvalue weighted by Gasteiger charge is 2.26. The summed E-state index contributed by atoms with van der Waals surface area (Å²) in [5.74, 6) is 0.123. The molecule has 3 rings (SSSR count). The smallest absolute Gasteiger partial charge is 0.317 e. The maximum Gasteiger partial charge on any atom is 0.317 e. The topological polar surface area (TPSA) is 74.3 Å². The predicted octanol–water partition coefficient (Wildman–Crippen LogP) is 4.60. The second kappa shape index (κ2) is 8.95. The van der Waals surface area contributed by atoms with Gasteiger partial charge in [-0.15, -0.1) is 11.3 Å². The number of urea groups is 1. The number of hydrogen-bond donors (Lipinski definition) is 2. The monoisotopic (exact) mass is 414 g/mol. The molecule has 0 spiro atoms. The maximum absolute atomic E-state index is 12.8. The molecule has 29 heavy (non-hydrogen) atoms. The Morgan fingerprint density at radius 1 is 1.21 bits per heavy atom. The molecule has 2 heterocycles. The normalized spacial score (nSPS) is 15.2. The van der Waals surface area contributed by atoms with Gasteiger partial charge in [0.2, 0.25) is 0 Å². The summed E-state index contributed by atoms with van der Waals surface area (Å²) < 4.78 is 0. The minimum Gasteiger partial charge on any atom is -0.338 e. The minimum absolute atomic E-state index is 0.00247. The van der Waals surface area contributed by atoms with Crippen LogP contribution in [-0.2, 0) is 5.41 Å². The largest absolute Gasteiger partial charge is 0.338 e. The Hall–Kier alpha value is -2.41. The number of hydrogen-bond acceptors (Lipinski definition) is 4. The van der Waals surface area contributed by atoms with Gasteiger partial charge in [0, 0.05) is 36.6 Å². The van der Waals surface area contributed by atoms with Gasteiger partial charge in [0.1, 0.15) is 5.69 Å². The minimum atomic E-state index is -0.177. The molecule has 2 aromatic rings. The van der Waals surface area contributed by atoms with Crippen molar-refractivity contribution in [1.82, 2.24) is 15.2 Å². The van der Waals surface area contributed by atoms with Gasteiger partial charge in [-0.2, -0.15) is 0 Å². The first-order valence-corrected chi connectivity index (χ1v) is 11.1. The molecule has 1 aliphatic rings. The fourth-order valence-electron chi connectivity index (χ4n) is 3.60. The van der Waals surface area contributed by atoms with Crippen LogP contribution in [0.5, 0.6) is 0 Å². The number of amides is 3. The lowest BCUT2D eigenvalue weighted by molar-refractivity contribution is 0.102. The van der Waals surface area contributed by atoms with Crippen molar-refractivity contribution in [2.24, 2.45) is 0 Å². The van der Waals surface area contributed by atoms with E-state index in [4.69, 9.17) is 0 Å². The van der Waals surface area contributed by atoms with Crippen LogP contribution < -0.4 is 10.6 Å². The summed E-state index contributed by atoms with van der Waals surface area (Å²) in [5.41, 5.74) is 2.32. The summed E-state index contributed by atoms with van der Waals surface area (Å²) in [6, 6.07) is 7.90. The molecular formula is C22H30N4O2S. The number of carbonyl (C=O) groups excluding carboxylic acids is 2. The molecule has 1 aliphatic heterocycles. The number of thiazole rings is 1. The number of benzene rings is 1. The fourth-order valence-corrected chi connectivity index (χ4v) is 4.58. The number of anilines is 1. The SMILES string of the molecule is CCNC(=O)N1CCC(c2nc(C(=O)Nc3ccccc3C(C)(C)C)cs2)CC1. The van der Waals surface area contributed by atoms with Gasteiger partial charge in [-0.3, -0.25) is 4.79 Å². The Labute approximate surface area is 176 Å². The van der Waals surface area contributed by atoms with Gasteiger partial charge in [0.25, 0.3) is 5.91 Å². The van der Waals surface area contributed by atoms with Gasteiger partial charge in [-0.25, -0.2) is 9.78 Å². The summed E-state index contributed by atoms with van der Waals surface area (Å²) in [7, 11) is 0. The van der Waals surface area contributed by atoms with E-state index >= 15 is 0 Å². The van der Waals surface area contributed by atoms with Gasteiger partial charge < -0.3 is 15.5 Å². The van der Waals surface area contributed by atoms with Crippen molar-refractivity contribution in [3.63, 3.8) is 0 Å². The van der Waals surface area contributed by atoms with Crippen LogP contribution in [0.25, 0.3) is 0 Å². The van der Waals surface area contributed by atoms with Crippen molar-refractivity contribution >= 4 is 29.0 Å². The molecule has 0 unspecified atom stereocenters. The average molecular weight is 415 g/mol. The van der Waals surface area contributed by atoms with Crippen LogP contribution in [0.15, 0.2) is 29.6 Å². The van der Waals surface area contributed by atoms with E-state index in [0.29, 0.717) is 18.2 Å². The molecular weight excluding hydrogens is 384 g/mol. The van der Waals surface area contributed by atoms with Gasteiger partial charge in [0.05, 0.1) is 5.01 Å². The molecule has 0 atom stereocenters. The van der Waals surface area contributed by atoms with E-state index in [1.54, 1.807) is 0 Å². The van der Waals surface area contributed by atoms with Crippen LogP contribution >= 0.6 is 11.3 Å². The van der Waals surface area contributed by atoms with Crippen molar-refractivity contribution in [1.29, 1.82) is 0 Å². The van der Waals surface area contributed by atoms with Crippen LogP contribution in [0.4, 0.5) is 10.5 Å². The van der Waals surface area contributed by atoms with Crippen molar-refractivity contribution in [3.8, 4) is 0 Å². The van der Waals surface area contributed by atoms with Crippen LogP contribution in [0.3, 0.4) is 0 Å². The molecule has 156 valence electrons. The number of piperidine rings is 1. The number of aromatic nitrogens is 1. The summed E-state index contributed by atoms with van der Waals surface area (Å²) in [6.07, 6.45) is 1.75. The van der Waals surface area contributed by atoms with Crippen LogP contribution in [-0.4, -0.2) is 41.5 Å². The number of likely N-dealkylation sites (tertiary alicyclic amines) is 1. The fraction of sp³-hybridized carbons (Fsp3) is 0.500.